The summed E-state index contributed by atoms with van der Waals surface area (Å²) in [5.41, 5.74) is 0.608. The molecule has 8 nitrogen and oxygen atoms in total. The highest BCUT2D eigenvalue weighted by Gasteiger charge is 2.23. The molecule has 0 radical (unpaired) electrons. The number of anilines is 2. The van der Waals surface area contributed by atoms with Gasteiger partial charge in [-0.3, -0.25) is 4.79 Å². The summed E-state index contributed by atoms with van der Waals surface area (Å²) in [7, 11) is 1.69. The van der Waals surface area contributed by atoms with Crippen LogP contribution >= 0.6 is 0 Å². The van der Waals surface area contributed by atoms with Gasteiger partial charge in [0.2, 0.25) is 5.95 Å². The summed E-state index contributed by atoms with van der Waals surface area (Å²) in [6, 6.07) is 5.46. The lowest BCUT2D eigenvalue weighted by Gasteiger charge is -2.34. The van der Waals surface area contributed by atoms with Gasteiger partial charge in [0, 0.05) is 65.0 Å². The van der Waals surface area contributed by atoms with Gasteiger partial charge in [-0.1, -0.05) is 0 Å². The van der Waals surface area contributed by atoms with Crippen LogP contribution in [-0.2, 0) is 4.74 Å². The lowest BCUT2D eigenvalue weighted by atomic mass is 10.2. The Morgan fingerprint density at radius 1 is 1.15 bits per heavy atom. The van der Waals surface area contributed by atoms with Crippen molar-refractivity contribution < 1.29 is 9.53 Å². The van der Waals surface area contributed by atoms with Gasteiger partial charge in [-0.2, -0.15) is 0 Å². The Morgan fingerprint density at radius 3 is 2.58 bits per heavy atom. The minimum Gasteiger partial charge on any atom is -0.385 e. The molecule has 2 aromatic rings. The van der Waals surface area contributed by atoms with Crippen LogP contribution in [0.2, 0.25) is 0 Å². The van der Waals surface area contributed by atoms with Crippen LogP contribution in [-0.4, -0.2) is 72.2 Å². The van der Waals surface area contributed by atoms with Crippen molar-refractivity contribution in [2.24, 2.45) is 0 Å². The fraction of sp³-hybridized carbons (Fsp3) is 0.444. The number of amides is 1. The Morgan fingerprint density at radius 2 is 1.92 bits per heavy atom. The van der Waals surface area contributed by atoms with E-state index in [0.29, 0.717) is 31.2 Å². The Labute approximate surface area is 153 Å². The van der Waals surface area contributed by atoms with E-state index in [2.05, 4.69) is 25.2 Å². The van der Waals surface area contributed by atoms with E-state index in [0.717, 1.165) is 31.9 Å². The Hall–Kier alpha value is -2.74. The van der Waals surface area contributed by atoms with Crippen molar-refractivity contribution in [2.75, 3.05) is 56.7 Å². The van der Waals surface area contributed by atoms with Crippen LogP contribution in [0.3, 0.4) is 0 Å². The molecule has 0 aromatic carbocycles. The molecule has 0 unspecified atom stereocenters. The minimum absolute atomic E-state index is 0.0112. The quantitative estimate of drug-likeness (QED) is 0.748. The second kappa shape index (κ2) is 9.10. The average molecular weight is 356 g/mol. The van der Waals surface area contributed by atoms with Gasteiger partial charge in [-0.15, -0.1) is 0 Å². The SMILES string of the molecule is COCCCNc1ccc(C(=O)N2CCN(c3ncccn3)CC2)cn1. The van der Waals surface area contributed by atoms with Crippen molar-refractivity contribution in [1.29, 1.82) is 0 Å². The van der Waals surface area contributed by atoms with Gasteiger partial charge in [-0.05, 0) is 24.6 Å². The molecule has 3 heterocycles. The lowest BCUT2D eigenvalue weighted by Crippen LogP contribution is -2.49. The number of carbonyl (C=O) groups excluding carboxylic acids is 1. The van der Waals surface area contributed by atoms with Crippen LogP contribution in [0.5, 0.6) is 0 Å². The number of piperazine rings is 1. The first-order chi connectivity index (χ1) is 12.8. The topological polar surface area (TPSA) is 83.5 Å². The minimum atomic E-state index is 0.0112. The van der Waals surface area contributed by atoms with Crippen LogP contribution < -0.4 is 10.2 Å². The molecule has 1 fully saturated rings. The van der Waals surface area contributed by atoms with Gasteiger partial charge in [-0.25, -0.2) is 15.0 Å². The molecular formula is C18H24N6O2. The maximum absolute atomic E-state index is 12.7. The van der Waals surface area contributed by atoms with E-state index < -0.39 is 0 Å². The number of hydrogen-bond donors (Lipinski definition) is 1. The Kier molecular flexibility index (Phi) is 6.32. The third-order valence-electron chi connectivity index (χ3n) is 4.24. The number of nitrogens with zero attached hydrogens (tertiary/aromatic N) is 5. The predicted octanol–water partition coefficient (Wildman–Crippen LogP) is 1.28. The normalized spacial score (nSPS) is 14.3. The van der Waals surface area contributed by atoms with E-state index in [-0.39, 0.29) is 5.91 Å². The van der Waals surface area contributed by atoms with Gasteiger partial charge < -0.3 is 19.9 Å². The van der Waals surface area contributed by atoms with Crippen LogP contribution in [0.25, 0.3) is 0 Å². The highest BCUT2D eigenvalue weighted by molar-refractivity contribution is 5.94. The summed E-state index contributed by atoms with van der Waals surface area (Å²) in [4.78, 5) is 29.4. The molecule has 0 aliphatic carbocycles. The molecule has 2 aromatic heterocycles. The molecule has 8 heteroatoms. The average Bonchev–Trinajstić information content (AvgIpc) is 2.72. The first kappa shape index (κ1) is 18.1. The molecule has 0 atom stereocenters. The predicted molar refractivity (Wildman–Crippen MR) is 99.4 cm³/mol. The number of rotatable bonds is 7. The van der Waals surface area contributed by atoms with Gasteiger partial charge >= 0.3 is 0 Å². The number of pyridine rings is 1. The third kappa shape index (κ3) is 4.66. The zero-order valence-electron chi connectivity index (χ0n) is 15.0. The smallest absolute Gasteiger partial charge is 0.255 e. The van der Waals surface area contributed by atoms with Crippen molar-refractivity contribution in [3.8, 4) is 0 Å². The molecule has 1 aliphatic rings. The summed E-state index contributed by atoms with van der Waals surface area (Å²) in [5.74, 6) is 1.49. The van der Waals surface area contributed by atoms with Gasteiger partial charge in [0.05, 0.1) is 5.56 Å². The number of ether oxygens (including phenoxy) is 1. The van der Waals surface area contributed by atoms with E-state index in [1.807, 2.05) is 17.0 Å². The zero-order valence-corrected chi connectivity index (χ0v) is 15.0. The molecule has 0 spiro atoms. The summed E-state index contributed by atoms with van der Waals surface area (Å²) >= 11 is 0. The van der Waals surface area contributed by atoms with E-state index in [1.54, 1.807) is 31.8 Å². The molecule has 0 saturated carbocycles. The fourth-order valence-corrected chi connectivity index (χ4v) is 2.80. The fourth-order valence-electron chi connectivity index (χ4n) is 2.80. The Bertz CT molecular complexity index is 687. The number of nitrogens with one attached hydrogen (secondary N) is 1. The second-order valence-electron chi connectivity index (χ2n) is 6.03. The first-order valence-corrected chi connectivity index (χ1v) is 8.78. The monoisotopic (exact) mass is 356 g/mol. The summed E-state index contributed by atoms with van der Waals surface area (Å²) < 4.78 is 5.01. The molecule has 0 bridgehead atoms. The Balaban J connectivity index is 1.50. The second-order valence-corrected chi connectivity index (χ2v) is 6.03. The van der Waals surface area contributed by atoms with Gasteiger partial charge in [0.15, 0.2) is 0 Å². The van der Waals surface area contributed by atoms with E-state index in [1.165, 1.54) is 0 Å². The largest absolute Gasteiger partial charge is 0.385 e. The molecule has 3 rings (SSSR count). The molecule has 1 aliphatic heterocycles. The first-order valence-electron chi connectivity index (χ1n) is 8.78. The molecular weight excluding hydrogens is 332 g/mol. The zero-order chi connectivity index (χ0) is 18.2. The van der Waals surface area contributed by atoms with Crippen LogP contribution in [0.4, 0.5) is 11.8 Å². The van der Waals surface area contributed by atoms with Gasteiger partial charge in [0.1, 0.15) is 5.82 Å². The molecule has 26 heavy (non-hydrogen) atoms. The number of methoxy groups -OCH3 is 1. The summed E-state index contributed by atoms with van der Waals surface area (Å²) in [6.45, 7) is 4.24. The number of carbonyl (C=O) groups is 1. The van der Waals surface area contributed by atoms with Crippen molar-refractivity contribution in [1.82, 2.24) is 19.9 Å². The lowest BCUT2D eigenvalue weighted by molar-refractivity contribution is 0.0746. The van der Waals surface area contributed by atoms with E-state index in [9.17, 15) is 4.79 Å². The van der Waals surface area contributed by atoms with Crippen LogP contribution in [0, 0.1) is 0 Å². The van der Waals surface area contributed by atoms with Crippen molar-refractivity contribution in [3.63, 3.8) is 0 Å². The molecule has 1 N–H and O–H groups in total. The molecule has 1 saturated heterocycles. The van der Waals surface area contributed by atoms with Crippen molar-refractivity contribution in [3.05, 3.63) is 42.4 Å². The highest BCUT2D eigenvalue weighted by Crippen LogP contribution is 2.13. The number of aromatic nitrogens is 3. The standard InChI is InChI=1S/C18H24N6O2/c1-26-13-3-8-19-16-5-4-15(14-22-16)17(25)23-9-11-24(12-10-23)18-20-6-2-7-21-18/h2,4-7,14H,3,8-13H2,1H3,(H,19,22). The molecule has 138 valence electrons. The number of hydrogen-bond acceptors (Lipinski definition) is 7. The summed E-state index contributed by atoms with van der Waals surface area (Å²) in [5, 5.41) is 3.21. The van der Waals surface area contributed by atoms with Crippen LogP contribution in [0.15, 0.2) is 36.8 Å². The molecule has 1 amide bonds. The van der Waals surface area contributed by atoms with E-state index >= 15 is 0 Å². The van der Waals surface area contributed by atoms with Crippen molar-refractivity contribution in [2.45, 2.75) is 6.42 Å². The van der Waals surface area contributed by atoms with Crippen LogP contribution in [0.1, 0.15) is 16.8 Å². The van der Waals surface area contributed by atoms with E-state index in [4.69, 9.17) is 4.74 Å². The van der Waals surface area contributed by atoms with Gasteiger partial charge in [0.25, 0.3) is 5.91 Å². The highest BCUT2D eigenvalue weighted by atomic mass is 16.5. The summed E-state index contributed by atoms with van der Waals surface area (Å²) in [6.07, 6.45) is 6.01. The third-order valence-corrected chi connectivity index (χ3v) is 4.24. The maximum Gasteiger partial charge on any atom is 0.255 e. The maximum atomic E-state index is 12.7. The van der Waals surface area contributed by atoms with Crippen molar-refractivity contribution >= 4 is 17.7 Å².